The summed E-state index contributed by atoms with van der Waals surface area (Å²) in [4.78, 5) is 11.8. The molecule has 2 N–H and O–H groups in total. The maximum atomic E-state index is 11.8. The van der Waals surface area contributed by atoms with Crippen molar-refractivity contribution in [3.63, 3.8) is 0 Å². The maximum absolute atomic E-state index is 11.8. The SMILES string of the molecule is CCOc1c(Cl)cc(CNC(=O)C2CNC2)cc1OC. The standard InChI is InChI=1S/C14H19ClN2O3/c1-3-20-13-11(15)4-9(5-12(13)19-2)6-17-14(18)10-7-16-8-10/h4-5,10,16H,3,6-8H2,1-2H3,(H,17,18). The number of amides is 1. The smallest absolute Gasteiger partial charge is 0.225 e. The number of carbonyl (C=O) groups is 1. The molecule has 110 valence electrons. The molecule has 20 heavy (non-hydrogen) atoms. The second-order valence-electron chi connectivity index (χ2n) is 4.62. The number of carbonyl (C=O) groups excluding carboxylic acids is 1. The van der Waals surface area contributed by atoms with E-state index in [0.717, 1.165) is 18.7 Å². The summed E-state index contributed by atoms with van der Waals surface area (Å²) in [5.74, 6) is 1.26. The second-order valence-corrected chi connectivity index (χ2v) is 5.02. The molecule has 6 heteroatoms. The summed E-state index contributed by atoms with van der Waals surface area (Å²) in [7, 11) is 1.57. The summed E-state index contributed by atoms with van der Waals surface area (Å²) in [5.41, 5.74) is 0.885. The molecule has 0 aliphatic carbocycles. The van der Waals surface area contributed by atoms with E-state index in [1.807, 2.05) is 13.0 Å². The quantitative estimate of drug-likeness (QED) is 0.837. The average molecular weight is 299 g/mol. The summed E-state index contributed by atoms with van der Waals surface area (Å²) in [6.45, 7) is 4.33. The van der Waals surface area contributed by atoms with E-state index >= 15 is 0 Å². The first-order chi connectivity index (χ1) is 9.65. The highest BCUT2D eigenvalue weighted by atomic mass is 35.5. The van der Waals surface area contributed by atoms with E-state index in [2.05, 4.69) is 10.6 Å². The third-order valence-electron chi connectivity index (χ3n) is 3.20. The predicted octanol–water partition coefficient (Wildman–Crippen LogP) is 1.58. The Morgan fingerprint density at radius 2 is 2.25 bits per heavy atom. The van der Waals surface area contributed by atoms with Crippen molar-refractivity contribution in [1.29, 1.82) is 0 Å². The van der Waals surface area contributed by atoms with Gasteiger partial charge < -0.3 is 20.1 Å². The minimum absolute atomic E-state index is 0.0627. The molecule has 0 spiro atoms. The highest BCUT2D eigenvalue weighted by molar-refractivity contribution is 6.32. The van der Waals surface area contributed by atoms with Crippen molar-refractivity contribution in [2.75, 3.05) is 26.8 Å². The van der Waals surface area contributed by atoms with E-state index in [9.17, 15) is 4.79 Å². The van der Waals surface area contributed by atoms with Gasteiger partial charge in [0.05, 0.1) is 24.7 Å². The first-order valence-electron chi connectivity index (χ1n) is 6.63. The van der Waals surface area contributed by atoms with Crippen molar-refractivity contribution in [1.82, 2.24) is 10.6 Å². The van der Waals surface area contributed by atoms with Crippen LogP contribution in [0.5, 0.6) is 11.5 Å². The molecule has 1 amide bonds. The topological polar surface area (TPSA) is 59.6 Å². The van der Waals surface area contributed by atoms with Crippen molar-refractivity contribution >= 4 is 17.5 Å². The van der Waals surface area contributed by atoms with Gasteiger partial charge in [0.15, 0.2) is 11.5 Å². The monoisotopic (exact) mass is 298 g/mol. The fourth-order valence-corrected chi connectivity index (χ4v) is 2.26. The molecule has 5 nitrogen and oxygen atoms in total. The zero-order valence-corrected chi connectivity index (χ0v) is 12.4. The Morgan fingerprint density at radius 3 is 2.80 bits per heavy atom. The van der Waals surface area contributed by atoms with Crippen molar-refractivity contribution in [3.8, 4) is 11.5 Å². The molecule has 0 atom stereocenters. The number of ether oxygens (including phenoxy) is 2. The van der Waals surface area contributed by atoms with Crippen LogP contribution in [0.1, 0.15) is 12.5 Å². The average Bonchev–Trinajstić information content (AvgIpc) is 2.37. The fraction of sp³-hybridized carbons (Fsp3) is 0.500. The minimum Gasteiger partial charge on any atom is -0.493 e. The predicted molar refractivity (Wildman–Crippen MR) is 77.4 cm³/mol. The van der Waals surface area contributed by atoms with Gasteiger partial charge in [-0.1, -0.05) is 11.6 Å². The Kier molecular flexibility index (Phi) is 5.09. The summed E-state index contributed by atoms with van der Waals surface area (Å²) < 4.78 is 10.7. The lowest BCUT2D eigenvalue weighted by Gasteiger charge is -2.25. The summed E-state index contributed by atoms with van der Waals surface area (Å²) in [6.07, 6.45) is 0. The Hall–Kier alpha value is -1.46. The van der Waals surface area contributed by atoms with Crippen LogP contribution in [-0.4, -0.2) is 32.7 Å². The molecule has 1 fully saturated rings. The fourth-order valence-electron chi connectivity index (χ4n) is 1.97. The summed E-state index contributed by atoms with van der Waals surface area (Å²) in [5, 5.41) is 6.45. The molecule has 1 aliphatic rings. The van der Waals surface area contributed by atoms with Gasteiger partial charge in [-0.25, -0.2) is 0 Å². The van der Waals surface area contributed by atoms with Gasteiger partial charge >= 0.3 is 0 Å². The van der Waals surface area contributed by atoms with Crippen molar-refractivity contribution in [2.45, 2.75) is 13.5 Å². The molecule has 0 radical (unpaired) electrons. The van der Waals surface area contributed by atoms with Crippen LogP contribution in [0.15, 0.2) is 12.1 Å². The molecule has 1 aromatic carbocycles. The van der Waals surface area contributed by atoms with Crippen LogP contribution in [0.25, 0.3) is 0 Å². The lowest BCUT2D eigenvalue weighted by atomic mass is 10.0. The van der Waals surface area contributed by atoms with Crippen molar-refractivity contribution in [2.24, 2.45) is 5.92 Å². The highest BCUT2D eigenvalue weighted by Gasteiger charge is 2.24. The van der Waals surface area contributed by atoms with Crippen LogP contribution in [0, 0.1) is 5.92 Å². The van der Waals surface area contributed by atoms with E-state index in [1.165, 1.54) is 0 Å². The molecule has 1 saturated heterocycles. The number of nitrogens with one attached hydrogen (secondary N) is 2. The lowest BCUT2D eigenvalue weighted by molar-refractivity contribution is -0.126. The Balaban J connectivity index is 2.04. The molecule has 0 bridgehead atoms. The third-order valence-corrected chi connectivity index (χ3v) is 3.48. The summed E-state index contributed by atoms with van der Waals surface area (Å²) >= 11 is 6.18. The minimum atomic E-state index is 0.0627. The van der Waals surface area contributed by atoms with Gasteiger partial charge in [0.25, 0.3) is 0 Å². The Bertz CT molecular complexity index is 490. The third kappa shape index (κ3) is 3.35. The van der Waals surface area contributed by atoms with Crippen LogP contribution in [-0.2, 0) is 11.3 Å². The lowest BCUT2D eigenvalue weighted by Crippen LogP contribution is -2.50. The van der Waals surface area contributed by atoms with Crippen molar-refractivity contribution < 1.29 is 14.3 Å². The molecule has 1 aliphatic heterocycles. The van der Waals surface area contributed by atoms with Gasteiger partial charge in [-0.05, 0) is 24.6 Å². The Morgan fingerprint density at radius 1 is 1.50 bits per heavy atom. The zero-order valence-electron chi connectivity index (χ0n) is 11.7. The number of rotatable bonds is 6. The van der Waals surface area contributed by atoms with E-state index in [4.69, 9.17) is 21.1 Å². The van der Waals surface area contributed by atoms with E-state index in [-0.39, 0.29) is 11.8 Å². The van der Waals surface area contributed by atoms with Crippen molar-refractivity contribution in [3.05, 3.63) is 22.7 Å². The van der Waals surface area contributed by atoms with Crippen LogP contribution < -0.4 is 20.1 Å². The molecule has 2 rings (SSSR count). The van der Waals surface area contributed by atoms with Crippen LogP contribution in [0.4, 0.5) is 0 Å². The number of methoxy groups -OCH3 is 1. The van der Waals surface area contributed by atoms with E-state index in [1.54, 1.807) is 13.2 Å². The number of benzene rings is 1. The van der Waals surface area contributed by atoms with Crippen LogP contribution in [0.2, 0.25) is 5.02 Å². The molecule has 0 unspecified atom stereocenters. The van der Waals surface area contributed by atoms with Gasteiger partial charge in [0.1, 0.15) is 0 Å². The van der Waals surface area contributed by atoms with E-state index < -0.39 is 0 Å². The van der Waals surface area contributed by atoms with Gasteiger partial charge in [-0.15, -0.1) is 0 Å². The molecule has 1 heterocycles. The second kappa shape index (κ2) is 6.81. The number of hydrogen-bond donors (Lipinski definition) is 2. The normalized spacial score (nSPS) is 14.6. The first kappa shape index (κ1) is 14.9. The first-order valence-corrected chi connectivity index (χ1v) is 7.01. The van der Waals surface area contributed by atoms with Crippen LogP contribution in [0.3, 0.4) is 0 Å². The Labute approximate surface area is 123 Å². The van der Waals surface area contributed by atoms with E-state index in [0.29, 0.717) is 29.7 Å². The van der Waals surface area contributed by atoms with Gasteiger partial charge in [-0.2, -0.15) is 0 Å². The molecule has 0 aromatic heterocycles. The largest absolute Gasteiger partial charge is 0.493 e. The highest BCUT2D eigenvalue weighted by Crippen LogP contribution is 2.36. The van der Waals surface area contributed by atoms with Gasteiger partial charge in [-0.3, -0.25) is 4.79 Å². The zero-order chi connectivity index (χ0) is 14.5. The molecule has 1 aromatic rings. The molecular weight excluding hydrogens is 280 g/mol. The van der Waals surface area contributed by atoms with Gasteiger partial charge in [0, 0.05) is 19.6 Å². The number of halogens is 1. The number of hydrogen-bond acceptors (Lipinski definition) is 4. The molecular formula is C14H19ClN2O3. The maximum Gasteiger partial charge on any atom is 0.225 e. The van der Waals surface area contributed by atoms with Crippen LogP contribution >= 0.6 is 11.6 Å². The summed E-state index contributed by atoms with van der Waals surface area (Å²) in [6, 6.07) is 3.62. The van der Waals surface area contributed by atoms with Gasteiger partial charge in [0.2, 0.25) is 5.91 Å². The molecule has 0 saturated carbocycles.